The molecule has 0 unspecified atom stereocenters. The highest BCUT2D eigenvalue weighted by Gasteiger charge is 2.12. The van der Waals surface area contributed by atoms with E-state index >= 15 is 0 Å². The molecule has 0 spiro atoms. The fourth-order valence-corrected chi connectivity index (χ4v) is 2.09. The minimum atomic E-state index is -0.958. The van der Waals surface area contributed by atoms with Gasteiger partial charge in [-0.25, -0.2) is 5.84 Å². The van der Waals surface area contributed by atoms with Crippen molar-refractivity contribution in [1.29, 1.82) is 0 Å². The third kappa shape index (κ3) is 17.6. The van der Waals surface area contributed by atoms with Crippen molar-refractivity contribution >= 4 is 14.0 Å². The van der Waals surface area contributed by atoms with E-state index in [1.54, 1.807) is 0 Å². The fraction of sp³-hybridized carbons (Fsp3) is 0.857. The summed E-state index contributed by atoms with van der Waals surface area (Å²) in [6.07, 6.45) is 1.54. The second-order valence-electron chi connectivity index (χ2n) is 3.98. The Morgan fingerprint density at radius 2 is 1.64 bits per heavy atom. The normalized spacial score (nSPS) is 8.86. The van der Waals surface area contributed by atoms with Gasteiger partial charge in [0.2, 0.25) is 5.91 Å². The van der Waals surface area contributed by atoms with Crippen molar-refractivity contribution in [3.8, 4) is 0 Å². The van der Waals surface area contributed by atoms with Gasteiger partial charge in [0.1, 0.15) is 0 Å². The Balaban J connectivity index is -0.000000167. The molecular formula is C7H24N2O4Si. The van der Waals surface area contributed by atoms with Crippen LogP contribution in [-0.2, 0) is 4.79 Å². The van der Waals surface area contributed by atoms with Crippen molar-refractivity contribution in [2.24, 2.45) is 5.84 Å². The fourth-order valence-electron chi connectivity index (χ4n) is 0.851. The van der Waals surface area contributed by atoms with Crippen LogP contribution in [0.4, 0.5) is 0 Å². The number of nitrogens with one attached hydrogen (secondary N) is 1. The molecule has 6 nitrogen and oxygen atoms in total. The van der Waals surface area contributed by atoms with Gasteiger partial charge in [0.25, 0.3) is 0 Å². The SMILES string of the molecule is C[Si](C)(C)CCCC(=O)NN.O.O.O. The summed E-state index contributed by atoms with van der Waals surface area (Å²) >= 11 is 0. The summed E-state index contributed by atoms with van der Waals surface area (Å²) in [5.41, 5.74) is 2.13. The number of rotatable bonds is 4. The van der Waals surface area contributed by atoms with E-state index < -0.39 is 8.07 Å². The zero-order valence-corrected chi connectivity index (χ0v) is 10.1. The molecule has 0 bridgehead atoms. The lowest BCUT2D eigenvalue weighted by molar-refractivity contribution is -0.121. The summed E-state index contributed by atoms with van der Waals surface area (Å²) in [6, 6.07) is 1.19. The molecule has 0 saturated carbocycles. The van der Waals surface area contributed by atoms with Gasteiger partial charge in [-0.3, -0.25) is 10.2 Å². The van der Waals surface area contributed by atoms with Crippen molar-refractivity contribution in [3.63, 3.8) is 0 Å². The molecule has 0 radical (unpaired) electrons. The molecule has 0 atom stereocenters. The Morgan fingerprint density at radius 1 is 1.21 bits per heavy atom. The average molecular weight is 228 g/mol. The minimum absolute atomic E-state index is 0. The second kappa shape index (κ2) is 10.6. The van der Waals surface area contributed by atoms with Gasteiger partial charge in [-0.05, 0) is 6.42 Å². The van der Waals surface area contributed by atoms with E-state index in [0.29, 0.717) is 6.42 Å². The molecule has 0 aromatic heterocycles. The van der Waals surface area contributed by atoms with E-state index in [4.69, 9.17) is 5.84 Å². The molecule has 9 N–H and O–H groups in total. The molecule has 0 aromatic carbocycles. The molecule has 0 aliphatic heterocycles. The Labute approximate surface area is 85.8 Å². The Bertz CT molecular complexity index is 138. The predicted octanol–water partition coefficient (Wildman–Crippen LogP) is -1.38. The molecule has 0 rings (SSSR count). The maximum absolute atomic E-state index is 10.7. The molecule has 14 heavy (non-hydrogen) atoms. The standard InChI is InChI=1S/C7H18N2OSi.3H2O/c1-11(2,3)6-4-5-7(10)9-8;;;/h4-6,8H2,1-3H3,(H,9,10);3*1H2. The van der Waals surface area contributed by atoms with Crippen molar-refractivity contribution in [1.82, 2.24) is 5.43 Å². The van der Waals surface area contributed by atoms with Gasteiger partial charge in [-0.1, -0.05) is 25.7 Å². The largest absolute Gasteiger partial charge is 0.412 e. The molecular weight excluding hydrogens is 204 g/mol. The van der Waals surface area contributed by atoms with E-state index in [9.17, 15) is 4.79 Å². The highest BCUT2D eigenvalue weighted by Crippen LogP contribution is 2.12. The highest BCUT2D eigenvalue weighted by molar-refractivity contribution is 6.76. The van der Waals surface area contributed by atoms with Gasteiger partial charge in [0, 0.05) is 14.5 Å². The van der Waals surface area contributed by atoms with Crippen LogP contribution in [0.1, 0.15) is 12.8 Å². The molecule has 1 amide bonds. The van der Waals surface area contributed by atoms with Crippen LogP contribution in [0.5, 0.6) is 0 Å². The van der Waals surface area contributed by atoms with E-state index in [0.717, 1.165) is 6.42 Å². The molecule has 90 valence electrons. The third-order valence-electron chi connectivity index (χ3n) is 1.49. The maximum atomic E-state index is 10.7. The first kappa shape index (κ1) is 23.4. The first-order valence-electron chi connectivity index (χ1n) is 3.95. The lowest BCUT2D eigenvalue weighted by Crippen LogP contribution is -2.30. The van der Waals surface area contributed by atoms with Gasteiger partial charge in [-0.2, -0.15) is 0 Å². The van der Waals surface area contributed by atoms with Crippen molar-refractivity contribution in [2.45, 2.75) is 38.5 Å². The van der Waals surface area contributed by atoms with Gasteiger partial charge < -0.3 is 16.4 Å². The number of amides is 1. The van der Waals surface area contributed by atoms with Crippen LogP contribution in [-0.4, -0.2) is 30.4 Å². The quantitative estimate of drug-likeness (QED) is 0.264. The molecule has 0 saturated heterocycles. The van der Waals surface area contributed by atoms with Gasteiger partial charge >= 0.3 is 0 Å². The number of hydrogen-bond donors (Lipinski definition) is 2. The van der Waals surface area contributed by atoms with Gasteiger partial charge in [-0.15, -0.1) is 0 Å². The van der Waals surface area contributed by atoms with Crippen LogP contribution >= 0.6 is 0 Å². The maximum Gasteiger partial charge on any atom is 0.233 e. The van der Waals surface area contributed by atoms with Crippen molar-refractivity contribution < 1.29 is 21.2 Å². The molecule has 0 fully saturated rings. The van der Waals surface area contributed by atoms with Crippen LogP contribution in [0, 0.1) is 0 Å². The van der Waals surface area contributed by atoms with E-state index in [-0.39, 0.29) is 22.3 Å². The summed E-state index contributed by atoms with van der Waals surface area (Å²) in [4.78, 5) is 10.7. The van der Waals surface area contributed by atoms with Gasteiger partial charge in [0.05, 0.1) is 0 Å². The highest BCUT2D eigenvalue weighted by atomic mass is 28.3. The zero-order chi connectivity index (χ0) is 8.91. The zero-order valence-electron chi connectivity index (χ0n) is 9.11. The van der Waals surface area contributed by atoms with Crippen LogP contribution in [0.25, 0.3) is 0 Å². The first-order chi connectivity index (χ1) is 4.95. The predicted molar refractivity (Wildman–Crippen MR) is 60.6 cm³/mol. The minimum Gasteiger partial charge on any atom is -0.412 e. The second-order valence-corrected chi connectivity index (χ2v) is 9.60. The number of hydrogen-bond acceptors (Lipinski definition) is 2. The molecule has 0 heterocycles. The average Bonchev–Trinajstić information content (AvgIpc) is 1.85. The number of hydrazine groups is 1. The summed E-state index contributed by atoms with van der Waals surface area (Å²) in [6.45, 7) is 6.90. The van der Waals surface area contributed by atoms with Crippen LogP contribution < -0.4 is 11.3 Å². The first-order valence-corrected chi connectivity index (χ1v) is 7.66. The van der Waals surface area contributed by atoms with E-state index in [1.165, 1.54) is 6.04 Å². The van der Waals surface area contributed by atoms with Crippen LogP contribution in [0.15, 0.2) is 0 Å². The van der Waals surface area contributed by atoms with Crippen LogP contribution in [0.3, 0.4) is 0 Å². The number of nitrogens with two attached hydrogens (primary N) is 1. The summed E-state index contributed by atoms with van der Waals surface area (Å²) in [5.74, 6) is 4.88. The Kier molecular flexibility index (Phi) is 17.7. The van der Waals surface area contributed by atoms with Crippen molar-refractivity contribution in [3.05, 3.63) is 0 Å². The smallest absolute Gasteiger partial charge is 0.233 e. The lowest BCUT2D eigenvalue weighted by Gasteiger charge is -2.14. The lowest BCUT2D eigenvalue weighted by atomic mass is 10.3. The number of carbonyl (C=O) groups is 1. The Morgan fingerprint density at radius 3 is 1.93 bits per heavy atom. The van der Waals surface area contributed by atoms with Crippen LogP contribution in [0.2, 0.25) is 25.7 Å². The van der Waals surface area contributed by atoms with E-state index in [1.807, 2.05) is 0 Å². The number of carbonyl (C=O) groups excluding carboxylic acids is 1. The molecule has 0 aliphatic rings. The van der Waals surface area contributed by atoms with Crippen molar-refractivity contribution in [2.75, 3.05) is 0 Å². The molecule has 0 aliphatic carbocycles. The Hall–Kier alpha value is -0.473. The third-order valence-corrected chi connectivity index (χ3v) is 3.35. The van der Waals surface area contributed by atoms with E-state index in [2.05, 4.69) is 25.1 Å². The topological polar surface area (TPSA) is 150 Å². The summed E-state index contributed by atoms with van der Waals surface area (Å²) in [7, 11) is -0.958. The summed E-state index contributed by atoms with van der Waals surface area (Å²) in [5, 5.41) is 0. The monoisotopic (exact) mass is 228 g/mol. The molecule has 0 aromatic rings. The molecule has 7 heteroatoms. The summed E-state index contributed by atoms with van der Waals surface area (Å²) < 4.78 is 0. The van der Waals surface area contributed by atoms with Gasteiger partial charge in [0.15, 0.2) is 0 Å².